The zero-order valence-electron chi connectivity index (χ0n) is 14.8. The predicted molar refractivity (Wildman–Crippen MR) is 103 cm³/mol. The first-order valence-corrected chi connectivity index (χ1v) is 8.76. The van der Waals surface area contributed by atoms with E-state index in [0.717, 1.165) is 18.5 Å². The highest BCUT2D eigenvalue weighted by molar-refractivity contribution is 6.34. The molecule has 0 spiro atoms. The van der Waals surface area contributed by atoms with E-state index in [0.29, 0.717) is 17.8 Å². The molecule has 0 bridgehead atoms. The smallest absolute Gasteiger partial charge is 0.271 e. The molecule has 0 aliphatic heterocycles. The van der Waals surface area contributed by atoms with Gasteiger partial charge in [0, 0.05) is 18.7 Å². The van der Waals surface area contributed by atoms with Crippen molar-refractivity contribution >= 4 is 28.9 Å². The summed E-state index contributed by atoms with van der Waals surface area (Å²) in [7, 11) is 0. The van der Waals surface area contributed by atoms with Gasteiger partial charge in [-0.05, 0) is 36.7 Å². The minimum Gasteiger partial charge on any atom is -0.324 e. The summed E-state index contributed by atoms with van der Waals surface area (Å²) in [4.78, 5) is 24.6. The normalized spacial score (nSPS) is 10.4. The number of hydrogen-bond donors (Lipinski definition) is 1. The van der Waals surface area contributed by atoms with E-state index in [1.54, 1.807) is 12.1 Å². The fourth-order valence-corrected chi connectivity index (χ4v) is 2.81. The molecule has 1 N–H and O–H groups in total. The Balaban J connectivity index is 2.01. The molecular formula is C19H19ClN4O3. The van der Waals surface area contributed by atoms with Crippen molar-refractivity contribution in [2.75, 3.05) is 18.4 Å². The molecule has 2 aromatic carbocycles. The van der Waals surface area contributed by atoms with Crippen LogP contribution in [0.25, 0.3) is 0 Å². The van der Waals surface area contributed by atoms with Gasteiger partial charge in [-0.25, -0.2) is 0 Å². The molecule has 0 saturated carbocycles. The molecule has 1 amide bonds. The monoisotopic (exact) mass is 386 g/mol. The number of nitro benzene ring substituents is 1. The Bertz CT molecular complexity index is 862. The number of nitrogens with zero attached hydrogens (tertiary/aromatic N) is 3. The molecule has 0 radical (unpaired) electrons. The fourth-order valence-electron chi connectivity index (χ4n) is 2.58. The van der Waals surface area contributed by atoms with Crippen molar-refractivity contribution < 1.29 is 9.72 Å². The van der Waals surface area contributed by atoms with Crippen LogP contribution in [-0.4, -0.2) is 28.8 Å². The van der Waals surface area contributed by atoms with E-state index in [-0.39, 0.29) is 23.2 Å². The molecule has 0 unspecified atom stereocenters. The number of nitro groups is 1. The maximum absolute atomic E-state index is 12.4. The summed E-state index contributed by atoms with van der Waals surface area (Å²) in [5.74, 6) is -0.257. The lowest BCUT2D eigenvalue weighted by Crippen LogP contribution is -2.33. The van der Waals surface area contributed by atoms with E-state index in [1.807, 2.05) is 24.0 Å². The number of nitriles is 1. The lowest BCUT2D eigenvalue weighted by molar-refractivity contribution is -0.384. The summed E-state index contributed by atoms with van der Waals surface area (Å²) < 4.78 is 0. The van der Waals surface area contributed by atoms with Crippen LogP contribution in [0.5, 0.6) is 0 Å². The predicted octanol–water partition coefficient (Wildman–Crippen LogP) is 3.97. The first-order valence-electron chi connectivity index (χ1n) is 8.38. The molecule has 0 aromatic heterocycles. The van der Waals surface area contributed by atoms with Crippen LogP contribution in [0.1, 0.15) is 24.5 Å². The molecule has 0 saturated heterocycles. The summed E-state index contributed by atoms with van der Waals surface area (Å²) in [5, 5.41) is 22.4. The van der Waals surface area contributed by atoms with E-state index in [4.69, 9.17) is 16.9 Å². The Morgan fingerprint density at radius 3 is 2.56 bits per heavy atom. The van der Waals surface area contributed by atoms with Crippen molar-refractivity contribution in [2.24, 2.45) is 0 Å². The Morgan fingerprint density at radius 2 is 2.00 bits per heavy atom. The molecule has 0 aliphatic carbocycles. The van der Waals surface area contributed by atoms with Crippen molar-refractivity contribution in [1.82, 2.24) is 4.90 Å². The molecule has 27 heavy (non-hydrogen) atoms. The van der Waals surface area contributed by atoms with E-state index < -0.39 is 4.92 Å². The Labute approximate surface area is 162 Å². The standard InChI is InChI=1S/C19H19ClN4O3/c1-2-9-23(12-15-5-3-14(11-21)4-6-15)13-19(25)22-18-8-7-16(24(26)27)10-17(18)20/h3-8,10H,2,9,12-13H2,1H3,(H,22,25). The first-order chi connectivity index (χ1) is 12.9. The molecular weight excluding hydrogens is 368 g/mol. The Hall–Kier alpha value is -2.95. The average Bonchev–Trinajstić information content (AvgIpc) is 2.64. The number of carbonyl (C=O) groups excluding carboxylic acids is 1. The third-order valence-electron chi connectivity index (χ3n) is 3.83. The zero-order chi connectivity index (χ0) is 19.8. The summed E-state index contributed by atoms with van der Waals surface area (Å²) in [5.41, 5.74) is 1.79. The largest absolute Gasteiger partial charge is 0.324 e. The molecule has 0 aliphatic rings. The second-order valence-corrected chi connectivity index (χ2v) is 6.40. The van der Waals surface area contributed by atoms with Crippen LogP contribution in [0, 0.1) is 21.4 Å². The van der Waals surface area contributed by atoms with Crippen molar-refractivity contribution in [3.05, 3.63) is 68.7 Å². The lowest BCUT2D eigenvalue weighted by Gasteiger charge is -2.21. The minimum absolute atomic E-state index is 0.117. The number of non-ortho nitro benzene ring substituents is 1. The van der Waals surface area contributed by atoms with E-state index >= 15 is 0 Å². The SMILES string of the molecule is CCCN(CC(=O)Nc1ccc([N+](=O)[O-])cc1Cl)Cc1ccc(C#N)cc1. The first kappa shape index (κ1) is 20.4. The van der Waals surface area contributed by atoms with Crippen molar-refractivity contribution in [3.63, 3.8) is 0 Å². The number of hydrogen-bond acceptors (Lipinski definition) is 5. The van der Waals surface area contributed by atoms with Gasteiger partial charge < -0.3 is 5.32 Å². The van der Waals surface area contributed by atoms with Gasteiger partial charge in [0.25, 0.3) is 5.69 Å². The summed E-state index contributed by atoms with van der Waals surface area (Å²) in [6, 6.07) is 13.2. The van der Waals surface area contributed by atoms with Gasteiger partial charge in [0.2, 0.25) is 5.91 Å². The van der Waals surface area contributed by atoms with Crippen molar-refractivity contribution in [3.8, 4) is 6.07 Å². The van der Waals surface area contributed by atoms with E-state index in [1.165, 1.54) is 18.2 Å². The third-order valence-corrected chi connectivity index (χ3v) is 4.15. The van der Waals surface area contributed by atoms with E-state index in [2.05, 4.69) is 11.4 Å². The van der Waals surface area contributed by atoms with Gasteiger partial charge in [-0.1, -0.05) is 30.7 Å². The highest BCUT2D eigenvalue weighted by atomic mass is 35.5. The maximum atomic E-state index is 12.4. The Morgan fingerprint density at radius 1 is 1.30 bits per heavy atom. The molecule has 2 aromatic rings. The van der Waals surface area contributed by atoms with Crippen molar-refractivity contribution in [1.29, 1.82) is 5.26 Å². The van der Waals surface area contributed by atoms with Gasteiger partial charge in [-0.3, -0.25) is 19.8 Å². The van der Waals surface area contributed by atoms with Crippen LogP contribution >= 0.6 is 11.6 Å². The average molecular weight is 387 g/mol. The van der Waals surface area contributed by atoms with Gasteiger partial charge in [0.1, 0.15) is 0 Å². The maximum Gasteiger partial charge on any atom is 0.271 e. The lowest BCUT2D eigenvalue weighted by atomic mass is 10.1. The molecule has 2 rings (SSSR count). The van der Waals surface area contributed by atoms with Crippen LogP contribution in [0.2, 0.25) is 5.02 Å². The third kappa shape index (κ3) is 6.06. The number of amides is 1. The fraction of sp³-hybridized carbons (Fsp3) is 0.263. The second-order valence-electron chi connectivity index (χ2n) is 5.99. The second kappa shape index (κ2) is 9.67. The minimum atomic E-state index is -0.544. The van der Waals surface area contributed by atoms with Crippen LogP contribution < -0.4 is 5.32 Å². The van der Waals surface area contributed by atoms with Gasteiger partial charge in [-0.15, -0.1) is 0 Å². The zero-order valence-corrected chi connectivity index (χ0v) is 15.6. The summed E-state index contributed by atoms with van der Waals surface area (Å²) >= 11 is 6.01. The number of nitrogens with one attached hydrogen (secondary N) is 1. The molecule has 140 valence electrons. The van der Waals surface area contributed by atoms with Gasteiger partial charge >= 0.3 is 0 Å². The number of rotatable bonds is 8. The molecule has 7 nitrogen and oxygen atoms in total. The highest BCUT2D eigenvalue weighted by Gasteiger charge is 2.14. The topological polar surface area (TPSA) is 99.3 Å². The highest BCUT2D eigenvalue weighted by Crippen LogP contribution is 2.26. The summed E-state index contributed by atoms with van der Waals surface area (Å²) in [6.45, 7) is 3.47. The van der Waals surface area contributed by atoms with Crippen LogP contribution in [0.15, 0.2) is 42.5 Å². The number of anilines is 1. The van der Waals surface area contributed by atoms with E-state index in [9.17, 15) is 14.9 Å². The molecule has 0 heterocycles. The number of carbonyl (C=O) groups is 1. The Kier molecular flexibility index (Phi) is 7.29. The van der Waals surface area contributed by atoms with Crippen LogP contribution in [-0.2, 0) is 11.3 Å². The van der Waals surface area contributed by atoms with Gasteiger partial charge in [0.05, 0.1) is 33.8 Å². The van der Waals surface area contributed by atoms with Crippen molar-refractivity contribution in [2.45, 2.75) is 19.9 Å². The molecule has 8 heteroatoms. The molecule has 0 atom stereocenters. The quantitative estimate of drug-likeness (QED) is 0.546. The van der Waals surface area contributed by atoms with Crippen LogP contribution in [0.4, 0.5) is 11.4 Å². The number of halogens is 1. The number of benzene rings is 2. The molecule has 0 fully saturated rings. The van der Waals surface area contributed by atoms with Gasteiger partial charge in [0.15, 0.2) is 0 Å². The summed E-state index contributed by atoms with van der Waals surface area (Å²) in [6.07, 6.45) is 0.877. The van der Waals surface area contributed by atoms with Crippen LogP contribution in [0.3, 0.4) is 0 Å². The van der Waals surface area contributed by atoms with Gasteiger partial charge in [-0.2, -0.15) is 5.26 Å².